The molecule has 0 radical (unpaired) electrons. The first kappa shape index (κ1) is 13.0. The summed E-state index contributed by atoms with van der Waals surface area (Å²) in [6, 6.07) is 8.29. The normalized spacial score (nSPS) is 26.3. The van der Waals surface area contributed by atoms with Crippen LogP contribution in [-0.4, -0.2) is 40.9 Å². The molecule has 2 aliphatic heterocycles. The highest BCUT2D eigenvalue weighted by atomic mass is 32.2. The summed E-state index contributed by atoms with van der Waals surface area (Å²) < 4.78 is 0. The Kier molecular flexibility index (Phi) is 3.80. The molecule has 0 aromatic heterocycles. The number of hydrogen-bond acceptors (Lipinski definition) is 3. The molecule has 2 atom stereocenters. The van der Waals surface area contributed by atoms with Crippen LogP contribution in [0.5, 0.6) is 0 Å². The Labute approximate surface area is 118 Å². The summed E-state index contributed by atoms with van der Waals surface area (Å²) in [4.78, 5) is 14.6. The first-order valence-corrected chi connectivity index (χ1v) is 7.97. The summed E-state index contributed by atoms with van der Waals surface area (Å²) in [5.41, 5.74) is 2.48. The second kappa shape index (κ2) is 5.55. The van der Waals surface area contributed by atoms with Gasteiger partial charge in [0.05, 0.1) is 12.6 Å². The Morgan fingerprint density at radius 2 is 2.26 bits per heavy atom. The van der Waals surface area contributed by atoms with Gasteiger partial charge in [-0.1, -0.05) is 24.3 Å². The van der Waals surface area contributed by atoms with Crippen molar-refractivity contribution >= 4 is 17.7 Å². The van der Waals surface area contributed by atoms with E-state index in [0.29, 0.717) is 0 Å². The van der Waals surface area contributed by atoms with Crippen LogP contribution in [0, 0.1) is 0 Å². The average molecular weight is 277 g/mol. The fourth-order valence-electron chi connectivity index (χ4n) is 3.06. The molecule has 102 valence electrons. The maximum absolute atomic E-state index is 12.7. The molecule has 1 N–H and O–H groups in total. The van der Waals surface area contributed by atoms with Crippen LogP contribution in [-0.2, 0) is 11.2 Å². The lowest BCUT2D eigenvalue weighted by molar-refractivity contribution is -0.132. The second-order valence-corrected chi connectivity index (χ2v) is 6.42. The van der Waals surface area contributed by atoms with Crippen LogP contribution in [0.4, 0.5) is 0 Å². The summed E-state index contributed by atoms with van der Waals surface area (Å²) in [6.07, 6.45) is 2.99. The third-order valence-electron chi connectivity index (χ3n) is 4.09. The van der Waals surface area contributed by atoms with Crippen LogP contribution in [0.2, 0.25) is 0 Å². The lowest BCUT2D eigenvalue weighted by Gasteiger charge is -2.31. The van der Waals surface area contributed by atoms with Crippen molar-refractivity contribution in [3.63, 3.8) is 0 Å². The summed E-state index contributed by atoms with van der Waals surface area (Å²) in [6.45, 7) is 0.883. The van der Waals surface area contributed by atoms with Crippen molar-refractivity contribution in [2.75, 3.05) is 18.9 Å². The van der Waals surface area contributed by atoms with E-state index in [1.165, 1.54) is 11.1 Å². The largest absolute Gasteiger partial charge is 0.394 e. The predicted molar refractivity (Wildman–Crippen MR) is 77.2 cm³/mol. The highest BCUT2D eigenvalue weighted by Gasteiger charge is 2.35. The Balaban J connectivity index is 1.85. The van der Waals surface area contributed by atoms with Crippen molar-refractivity contribution in [2.45, 2.75) is 30.6 Å². The van der Waals surface area contributed by atoms with Gasteiger partial charge in [-0.3, -0.25) is 4.79 Å². The van der Waals surface area contributed by atoms with Crippen LogP contribution >= 0.6 is 11.8 Å². The van der Waals surface area contributed by atoms with Crippen molar-refractivity contribution in [1.82, 2.24) is 4.90 Å². The minimum Gasteiger partial charge on any atom is -0.394 e. The number of aliphatic hydroxyl groups is 1. The molecule has 0 unspecified atom stereocenters. The summed E-state index contributed by atoms with van der Waals surface area (Å²) in [7, 11) is 0. The Morgan fingerprint density at radius 3 is 3.11 bits per heavy atom. The number of hydrogen-bond donors (Lipinski definition) is 1. The SMILES string of the molecule is O=C([C@H]1SCCc2ccccc21)N1CCC[C@@H]1CO. The summed E-state index contributed by atoms with van der Waals surface area (Å²) >= 11 is 1.74. The monoisotopic (exact) mass is 277 g/mol. The first-order chi connectivity index (χ1) is 9.31. The third kappa shape index (κ3) is 2.39. The zero-order valence-corrected chi connectivity index (χ0v) is 11.7. The zero-order chi connectivity index (χ0) is 13.2. The lowest BCUT2D eigenvalue weighted by atomic mass is 10.0. The molecule has 1 aromatic carbocycles. The topological polar surface area (TPSA) is 40.5 Å². The molecular weight excluding hydrogens is 258 g/mol. The Bertz CT molecular complexity index is 477. The Hall–Kier alpha value is -1.00. The standard InChI is InChI=1S/C15H19NO2S/c17-10-12-5-3-8-16(12)15(18)14-13-6-2-1-4-11(13)7-9-19-14/h1-2,4,6,12,14,17H,3,5,7-10H2/t12-,14+/m1/s1. The van der Waals surface area contributed by atoms with Crippen LogP contribution in [0.25, 0.3) is 0 Å². The van der Waals surface area contributed by atoms with Gasteiger partial charge in [-0.25, -0.2) is 0 Å². The van der Waals surface area contributed by atoms with Gasteiger partial charge in [0.25, 0.3) is 0 Å². The number of carbonyl (C=O) groups is 1. The van der Waals surface area contributed by atoms with Gasteiger partial charge in [0.2, 0.25) is 5.91 Å². The molecule has 0 spiro atoms. The van der Waals surface area contributed by atoms with E-state index in [4.69, 9.17) is 0 Å². The van der Waals surface area contributed by atoms with Gasteiger partial charge in [0.15, 0.2) is 0 Å². The number of aliphatic hydroxyl groups excluding tert-OH is 1. The number of amides is 1. The molecule has 2 heterocycles. The number of thioether (sulfide) groups is 1. The number of carbonyl (C=O) groups excluding carboxylic acids is 1. The van der Waals surface area contributed by atoms with Crippen molar-refractivity contribution < 1.29 is 9.90 Å². The second-order valence-electron chi connectivity index (χ2n) is 5.21. The fraction of sp³-hybridized carbons (Fsp3) is 0.533. The molecule has 1 amide bonds. The molecule has 1 fully saturated rings. The van der Waals surface area contributed by atoms with Crippen molar-refractivity contribution in [2.24, 2.45) is 0 Å². The van der Waals surface area contributed by atoms with Gasteiger partial charge in [-0.2, -0.15) is 0 Å². The average Bonchev–Trinajstić information content (AvgIpc) is 2.94. The molecule has 1 saturated heterocycles. The maximum Gasteiger partial charge on any atom is 0.240 e. The van der Waals surface area contributed by atoms with Crippen LogP contribution in [0.15, 0.2) is 24.3 Å². The molecule has 0 saturated carbocycles. The number of benzene rings is 1. The van der Waals surface area contributed by atoms with E-state index < -0.39 is 0 Å². The molecule has 3 rings (SSSR count). The van der Waals surface area contributed by atoms with Gasteiger partial charge in [-0.15, -0.1) is 11.8 Å². The van der Waals surface area contributed by atoms with Crippen LogP contribution in [0.3, 0.4) is 0 Å². The van der Waals surface area contributed by atoms with E-state index in [9.17, 15) is 9.90 Å². The Morgan fingerprint density at radius 1 is 1.42 bits per heavy atom. The maximum atomic E-state index is 12.7. The van der Waals surface area contributed by atoms with Gasteiger partial charge in [-0.05, 0) is 36.1 Å². The number of aryl methyl sites for hydroxylation is 1. The van der Waals surface area contributed by atoms with Gasteiger partial charge >= 0.3 is 0 Å². The minimum atomic E-state index is -0.0721. The predicted octanol–water partition coefficient (Wildman–Crippen LogP) is 2.00. The minimum absolute atomic E-state index is 0.0298. The van der Waals surface area contributed by atoms with E-state index in [0.717, 1.165) is 31.6 Å². The van der Waals surface area contributed by atoms with E-state index >= 15 is 0 Å². The quantitative estimate of drug-likeness (QED) is 0.899. The molecule has 1 aromatic rings. The first-order valence-electron chi connectivity index (χ1n) is 6.92. The van der Waals surface area contributed by atoms with E-state index in [1.54, 1.807) is 11.8 Å². The van der Waals surface area contributed by atoms with Gasteiger partial charge in [0.1, 0.15) is 5.25 Å². The van der Waals surface area contributed by atoms with Crippen molar-refractivity contribution in [1.29, 1.82) is 0 Å². The number of rotatable bonds is 2. The fourth-order valence-corrected chi connectivity index (χ4v) is 4.33. The van der Waals surface area contributed by atoms with Crippen molar-refractivity contribution in [3.8, 4) is 0 Å². The zero-order valence-electron chi connectivity index (χ0n) is 10.9. The molecule has 19 heavy (non-hydrogen) atoms. The summed E-state index contributed by atoms with van der Waals surface area (Å²) in [5.74, 6) is 1.19. The highest BCUT2D eigenvalue weighted by Crippen LogP contribution is 2.39. The van der Waals surface area contributed by atoms with Gasteiger partial charge in [0, 0.05) is 6.54 Å². The molecule has 3 nitrogen and oxygen atoms in total. The van der Waals surface area contributed by atoms with E-state index in [1.807, 2.05) is 17.0 Å². The highest BCUT2D eigenvalue weighted by molar-refractivity contribution is 8.00. The smallest absolute Gasteiger partial charge is 0.240 e. The summed E-state index contributed by atoms with van der Waals surface area (Å²) in [5, 5.41) is 9.31. The molecule has 4 heteroatoms. The molecule has 0 aliphatic carbocycles. The molecule has 2 aliphatic rings. The number of fused-ring (bicyclic) bond motifs is 1. The van der Waals surface area contributed by atoms with Crippen molar-refractivity contribution in [3.05, 3.63) is 35.4 Å². The van der Waals surface area contributed by atoms with Crippen LogP contribution < -0.4 is 0 Å². The van der Waals surface area contributed by atoms with Crippen LogP contribution in [0.1, 0.15) is 29.2 Å². The molecule has 0 bridgehead atoms. The number of nitrogens with zero attached hydrogens (tertiary/aromatic N) is 1. The van der Waals surface area contributed by atoms with E-state index in [2.05, 4.69) is 12.1 Å². The lowest BCUT2D eigenvalue weighted by Crippen LogP contribution is -2.40. The number of likely N-dealkylation sites (tertiary alicyclic amines) is 1. The van der Waals surface area contributed by atoms with E-state index in [-0.39, 0.29) is 23.8 Å². The van der Waals surface area contributed by atoms with Gasteiger partial charge < -0.3 is 10.0 Å². The third-order valence-corrected chi connectivity index (χ3v) is 5.32. The molecular formula is C15H19NO2S.